The molecule has 322 valence electrons. The second-order valence-corrected chi connectivity index (χ2v) is 39.3. The van der Waals surface area contributed by atoms with Crippen LogP contribution in [0.3, 0.4) is 0 Å². The minimum Gasteiger partial charge on any atom is -0.417 e. The van der Waals surface area contributed by atoms with Crippen molar-refractivity contribution in [2.24, 2.45) is 0 Å². The lowest BCUT2D eigenvalue weighted by Crippen LogP contribution is -2.66. The molecule has 2 rings (SSSR count). The first-order chi connectivity index (χ1) is 25.9. The molecular formula is C47H88O5Si4. The zero-order chi connectivity index (χ0) is 42.5. The molecule has 0 saturated heterocycles. The van der Waals surface area contributed by atoms with Crippen LogP contribution < -0.4 is 10.4 Å². The molecule has 2 aromatic rings. The molecule has 9 heteroatoms. The van der Waals surface area contributed by atoms with E-state index in [2.05, 4.69) is 170 Å². The normalized spacial score (nSPS) is 15.5. The highest BCUT2D eigenvalue weighted by Crippen LogP contribution is 2.40. The number of hydrogen-bond donors (Lipinski definition) is 1. The number of aliphatic hydroxyl groups is 1. The quantitative estimate of drug-likeness (QED) is 0.0797. The molecule has 0 aliphatic rings. The van der Waals surface area contributed by atoms with E-state index < -0.39 is 33.3 Å². The minimum atomic E-state index is -2.66. The van der Waals surface area contributed by atoms with Crippen molar-refractivity contribution in [3.63, 3.8) is 0 Å². The summed E-state index contributed by atoms with van der Waals surface area (Å²) in [7, 11) is -8.33. The topological polar surface area (TPSA) is 57.2 Å². The van der Waals surface area contributed by atoms with E-state index in [1.807, 2.05) is 0 Å². The van der Waals surface area contributed by atoms with Gasteiger partial charge in [0, 0.05) is 25.4 Å². The van der Waals surface area contributed by atoms with E-state index in [0.717, 1.165) is 76.1 Å². The average Bonchev–Trinajstić information content (AvgIpc) is 3.12. The molecule has 0 aromatic heterocycles. The van der Waals surface area contributed by atoms with Gasteiger partial charge in [-0.15, -0.1) is 0 Å². The Hall–Kier alpha value is -0.892. The van der Waals surface area contributed by atoms with Gasteiger partial charge in [0.15, 0.2) is 25.0 Å². The predicted molar refractivity (Wildman–Crippen MR) is 254 cm³/mol. The smallest absolute Gasteiger partial charge is 0.261 e. The van der Waals surface area contributed by atoms with Crippen molar-refractivity contribution < 1.29 is 22.8 Å². The number of hydrogen-bond acceptors (Lipinski definition) is 5. The van der Waals surface area contributed by atoms with Crippen molar-refractivity contribution in [1.82, 2.24) is 0 Å². The molecule has 0 fully saturated rings. The summed E-state index contributed by atoms with van der Waals surface area (Å²) in [5, 5.41) is 14.1. The van der Waals surface area contributed by atoms with Gasteiger partial charge in [0.2, 0.25) is 0 Å². The molecule has 5 nitrogen and oxygen atoms in total. The van der Waals surface area contributed by atoms with Gasteiger partial charge in [-0.1, -0.05) is 144 Å². The third kappa shape index (κ3) is 14.7. The summed E-state index contributed by atoms with van der Waals surface area (Å²) in [5.74, 6) is 0. The van der Waals surface area contributed by atoms with E-state index in [1.165, 1.54) is 10.4 Å². The van der Waals surface area contributed by atoms with Gasteiger partial charge in [-0.05, 0) is 121 Å². The molecule has 0 bridgehead atoms. The zero-order valence-corrected chi connectivity index (χ0v) is 43.3. The van der Waals surface area contributed by atoms with E-state index in [9.17, 15) is 5.11 Å². The molecule has 0 heterocycles. The van der Waals surface area contributed by atoms with Crippen LogP contribution in [0, 0.1) is 0 Å². The van der Waals surface area contributed by atoms with Crippen molar-refractivity contribution in [2.45, 2.75) is 212 Å². The van der Waals surface area contributed by atoms with E-state index in [0.29, 0.717) is 6.61 Å². The van der Waals surface area contributed by atoms with Crippen LogP contribution in [0.4, 0.5) is 0 Å². The van der Waals surface area contributed by atoms with Gasteiger partial charge >= 0.3 is 0 Å². The van der Waals surface area contributed by atoms with Crippen molar-refractivity contribution >= 4 is 43.6 Å². The van der Waals surface area contributed by atoms with Crippen LogP contribution in [-0.4, -0.2) is 69.9 Å². The Morgan fingerprint density at radius 1 is 0.500 bits per heavy atom. The monoisotopic (exact) mass is 845 g/mol. The van der Waals surface area contributed by atoms with E-state index in [4.69, 9.17) is 17.7 Å². The van der Waals surface area contributed by atoms with Gasteiger partial charge in [0.05, 0.1) is 6.10 Å². The molecule has 0 radical (unpaired) electrons. The SMILES string of the molecule is CC[Si](CC)(CC)OC(CCC(O)CCCCO[Si](C)(C)C(C)(C)C)CCC(CCO[Si](c1ccccc1)(c1ccccc1)C(C)(C)C)O[Si](C)(C)C(C)(C)C. The molecule has 3 unspecified atom stereocenters. The predicted octanol–water partition coefficient (Wildman–Crippen LogP) is 12.8. The van der Waals surface area contributed by atoms with Gasteiger partial charge in [0.1, 0.15) is 0 Å². The average molecular weight is 846 g/mol. The molecule has 0 spiro atoms. The summed E-state index contributed by atoms with van der Waals surface area (Å²) in [6, 6.07) is 25.3. The molecule has 2 aromatic carbocycles. The van der Waals surface area contributed by atoms with Gasteiger partial charge in [0.25, 0.3) is 8.32 Å². The van der Waals surface area contributed by atoms with Crippen LogP contribution in [0.25, 0.3) is 0 Å². The fourth-order valence-corrected chi connectivity index (χ4v) is 17.5. The molecular weight excluding hydrogens is 757 g/mol. The van der Waals surface area contributed by atoms with Crippen molar-refractivity contribution in [3.05, 3.63) is 60.7 Å². The van der Waals surface area contributed by atoms with E-state index in [1.54, 1.807) is 0 Å². The maximum absolute atomic E-state index is 11.2. The summed E-state index contributed by atoms with van der Waals surface area (Å²) in [6.07, 6.45) is 7.10. The van der Waals surface area contributed by atoms with Crippen molar-refractivity contribution in [3.8, 4) is 0 Å². The summed E-state index contributed by atoms with van der Waals surface area (Å²) >= 11 is 0. The second kappa shape index (κ2) is 22.1. The van der Waals surface area contributed by atoms with Crippen LogP contribution in [0.5, 0.6) is 0 Å². The van der Waals surface area contributed by atoms with Gasteiger partial charge in [-0.2, -0.15) is 0 Å². The Morgan fingerprint density at radius 3 is 1.38 bits per heavy atom. The number of aliphatic hydroxyl groups excluding tert-OH is 1. The number of rotatable bonds is 25. The first kappa shape index (κ1) is 51.2. The van der Waals surface area contributed by atoms with E-state index >= 15 is 0 Å². The highest BCUT2D eigenvalue weighted by Gasteiger charge is 2.50. The molecule has 1 N–H and O–H groups in total. The van der Waals surface area contributed by atoms with Crippen molar-refractivity contribution in [1.29, 1.82) is 0 Å². The van der Waals surface area contributed by atoms with Gasteiger partial charge in [-0.25, -0.2) is 0 Å². The fourth-order valence-electron chi connectivity index (χ4n) is 7.50. The summed E-state index contributed by atoms with van der Waals surface area (Å²) < 4.78 is 28.4. The van der Waals surface area contributed by atoms with E-state index in [-0.39, 0.29) is 33.4 Å². The molecule has 3 atom stereocenters. The van der Waals surface area contributed by atoms with Crippen LogP contribution in [0.1, 0.15) is 134 Å². The van der Waals surface area contributed by atoms with Crippen molar-refractivity contribution in [2.75, 3.05) is 13.2 Å². The molecule has 56 heavy (non-hydrogen) atoms. The molecule has 0 aliphatic carbocycles. The minimum absolute atomic E-state index is 0.0720. The van der Waals surface area contributed by atoms with Crippen LogP contribution in [-0.2, 0) is 17.7 Å². The maximum Gasteiger partial charge on any atom is 0.261 e. The Labute approximate surface area is 351 Å². The Kier molecular flexibility index (Phi) is 20.2. The zero-order valence-electron chi connectivity index (χ0n) is 39.3. The highest BCUT2D eigenvalue weighted by molar-refractivity contribution is 6.99. The Morgan fingerprint density at radius 2 is 0.946 bits per heavy atom. The van der Waals surface area contributed by atoms with Crippen LogP contribution in [0.2, 0.25) is 59.4 Å². The standard InChI is InChI=1S/C47H88O5Si4/c1-17-55(18-2,19-3)52-41(34-33-40(48)28-26-27-38-49-53(13,14)45(4,5)6)35-36-42(51-54(15,16)46(7,8)9)37-39-50-56(47(10,11)12,43-29-22-20-23-30-43)44-31-24-21-25-32-44/h20-25,29-32,40-42,48H,17-19,26-28,33-39H2,1-16H3. The second-order valence-electron chi connectivity index (χ2n) is 20.7. The number of unbranched alkanes of at least 4 members (excludes halogenated alkanes) is 1. The summed E-state index contributed by atoms with van der Waals surface area (Å²) in [5.41, 5.74) is 0. The van der Waals surface area contributed by atoms with Gasteiger partial charge in [-0.3, -0.25) is 0 Å². The number of benzene rings is 2. The third-order valence-corrected chi connectivity index (χ3v) is 32.4. The molecule has 0 aliphatic heterocycles. The van der Waals surface area contributed by atoms with Crippen LogP contribution in [0.15, 0.2) is 60.7 Å². The lowest BCUT2D eigenvalue weighted by Gasteiger charge is -2.44. The summed E-state index contributed by atoms with van der Waals surface area (Å²) in [6.45, 7) is 38.8. The Balaban J connectivity index is 2.29. The summed E-state index contributed by atoms with van der Waals surface area (Å²) in [4.78, 5) is 0. The Bertz CT molecular complexity index is 1310. The van der Waals surface area contributed by atoms with Crippen LogP contribution >= 0.6 is 0 Å². The van der Waals surface area contributed by atoms with Gasteiger partial charge < -0.3 is 22.8 Å². The molecule has 0 saturated carbocycles. The largest absolute Gasteiger partial charge is 0.417 e. The molecule has 0 amide bonds. The lowest BCUT2D eigenvalue weighted by molar-refractivity contribution is 0.0863. The highest BCUT2D eigenvalue weighted by atomic mass is 28.4. The third-order valence-electron chi connectivity index (χ3n) is 13.6. The maximum atomic E-state index is 11.2. The lowest BCUT2D eigenvalue weighted by atomic mass is 10.0. The fraction of sp³-hybridized carbons (Fsp3) is 0.745. The first-order valence-electron chi connectivity index (χ1n) is 22.3. The first-order valence-corrected chi connectivity index (χ1v) is 32.6.